The van der Waals surface area contributed by atoms with E-state index in [0.29, 0.717) is 0 Å². The van der Waals surface area contributed by atoms with Crippen molar-refractivity contribution >= 4 is 11.4 Å². The Morgan fingerprint density at radius 2 is 1.56 bits per heavy atom. The zero-order valence-corrected chi connectivity index (χ0v) is 10.5. The van der Waals surface area contributed by atoms with Crippen LogP contribution in [0.4, 0.5) is 11.4 Å². The van der Waals surface area contributed by atoms with Crippen molar-refractivity contribution in [2.45, 2.75) is 12.8 Å². The molecule has 0 saturated carbocycles. The highest BCUT2D eigenvalue weighted by Crippen LogP contribution is 2.31. The molecular weight excluding hydrogens is 220 g/mol. The molecule has 0 atom stereocenters. The number of nitrogen functional groups attached to an aromatic ring is 1. The van der Waals surface area contributed by atoms with Crippen molar-refractivity contribution in [1.29, 1.82) is 0 Å². The smallest absolute Gasteiger partial charge is 0.0606 e. The molecule has 0 bridgehead atoms. The number of rotatable bonds is 2. The molecule has 1 saturated heterocycles. The second kappa shape index (κ2) is 4.73. The fourth-order valence-electron chi connectivity index (χ4n) is 2.59. The summed E-state index contributed by atoms with van der Waals surface area (Å²) in [6.45, 7) is 2.25. The van der Waals surface area contributed by atoms with Crippen LogP contribution in [0.25, 0.3) is 11.1 Å². The van der Waals surface area contributed by atoms with Gasteiger partial charge in [0.2, 0.25) is 0 Å². The van der Waals surface area contributed by atoms with Crippen LogP contribution >= 0.6 is 0 Å². The molecule has 3 rings (SSSR count). The molecule has 2 nitrogen and oxygen atoms in total. The van der Waals surface area contributed by atoms with Crippen LogP contribution in [0.3, 0.4) is 0 Å². The van der Waals surface area contributed by atoms with Gasteiger partial charge < -0.3 is 10.6 Å². The fraction of sp³-hybridized carbons (Fsp3) is 0.250. The molecule has 0 aliphatic carbocycles. The minimum Gasteiger partial charge on any atom is -0.397 e. The Balaban J connectivity index is 2.00. The van der Waals surface area contributed by atoms with E-state index in [1.165, 1.54) is 29.7 Å². The van der Waals surface area contributed by atoms with Crippen molar-refractivity contribution < 1.29 is 0 Å². The molecule has 2 aromatic rings. The molecule has 1 fully saturated rings. The first-order valence-corrected chi connectivity index (χ1v) is 6.54. The first-order valence-electron chi connectivity index (χ1n) is 6.54. The second-order valence-electron chi connectivity index (χ2n) is 4.83. The summed E-state index contributed by atoms with van der Waals surface area (Å²) in [5, 5.41) is 0. The molecule has 2 heteroatoms. The second-order valence-corrected chi connectivity index (χ2v) is 4.83. The Labute approximate surface area is 108 Å². The zero-order valence-electron chi connectivity index (χ0n) is 10.5. The lowest BCUT2D eigenvalue weighted by Gasteiger charge is -2.20. The Morgan fingerprint density at radius 1 is 0.833 bits per heavy atom. The van der Waals surface area contributed by atoms with Crippen LogP contribution in [0.5, 0.6) is 0 Å². The highest BCUT2D eigenvalue weighted by Gasteiger charge is 2.15. The number of nitrogens with two attached hydrogens (primary N) is 1. The van der Waals surface area contributed by atoms with Gasteiger partial charge in [-0.25, -0.2) is 0 Å². The summed E-state index contributed by atoms with van der Waals surface area (Å²) < 4.78 is 0. The first-order chi connectivity index (χ1) is 8.84. The van der Waals surface area contributed by atoms with Crippen LogP contribution in [-0.2, 0) is 0 Å². The highest BCUT2D eigenvalue weighted by molar-refractivity contribution is 5.77. The van der Waals surface area contributed by atoms with E-state index in [1.807, 2.05) is 12.1 Å². The third-order valence-electron chi connectivity index (χ3n) is 3.58. The van der Waals surface area contributed by atoms with E-state index in [4.69, 9.17) is 5.73 Å². The largest absolute Gasteiger partial charge is 0.397 e. The SMILES string of the molecule is Nc1ccc(-c2ccccc2)cc1N1CCCC1. The van der Waals surface area contributed by atoms with Gasteiger partial charge in [-0.2, -0.15) is 0 Å². The summed E-state index contributed by atoms with van der Waals surface area (Å²) in [6, 6.07) is 16.8. The molecule has 2 N–H and O–H groups in total. The molecule has 18 heavy (non-hydrogen) atoms. The summed E-state index contributed by atoms with van der Waals surface area (Å²) in [5.41, 5.74) is 10.7. The number of benzene rings is 2. The Morgan fingerprint density at radius 3 is 2.28 bits per heavy atom. The summed E-state index contributed by atoms with van der Waals surface area (Å²) >= 11 is 0. The van der Waals surface area contributed by atoms with Crippen LogP contribution in [0, 0.1) is 0 Å². The van der Waals surface area contributed by atoms with Gasteiger partial charge in [0, 0.05) is 13.1 Å². The lowest BCUT2D eigenvalue weighted by Crippen LogP contribution is -2.19. The van der Waals surface area contributed by atoms with Gasteiger partial charge in [0.25, 0.3) is 0 Å². The Hall–Kier alpha value is -1.96. The van der Waals surface area contributed by atoms with E-state index in [1.54, 1.807) is 0 Å². The lowest BCUT2D eigenvalue weighted by molar-refractivity contribution is 0.949. The van der Waals surface area contributed by atoms with Gasteiger partial charge >= 0.3 is 0 Å². The summed E-state index contributed by atoms with van der Waals surface area (Å²) in [4.78, 5) is 2.39. The predicted octanol–water partition coefficient (Wildman–Crippen LogP) is 3.54. The van der Waals surface area contributed by atoms with Gasteiger partial charge in [-0.3, -0.25) is 0 Å². The van der Waals surface area contributed by atoms with Crippen LogP contribution in [0.15, 0.2) is 48.5 Å². The van der Waals surface area contributed by atoms with Crippen molar-refractivity contribution in [3.63, 3.8) is 0 Å². The normalized spacial score (nSPS) is 15.0. The third-order valence-corrected chi connectivity index (χ3v) is 3.58. The lowest BCUT2D eigenvalue weighted by atomic mass is 10.0. The van der Waals surface area contributed by atoms with Crippen molar-refractivity contribution in [2.75, 3.05) is 23.7 Å². The summed E-state index contributed by atoms with van der Waals surface area (Å²) in [5.74, 6) is 0. The number of nitrogens with zero attached hydrogens (tertiary/aromatic N) is 1. The molecule has 2 aromatic carbocycles. The standard InChI is InChI=1S/C16H18N2/c17-15-9-8-14(13-6-2-1-3-7-13)12-16(15)18-10-4-5-11-18/h1-3,6-9,12H,4-5,10-11,17H2. The quantitative estimate of drug-likeness (QED) is 0.811. The zero-order chi connectivity index (χ0) is 12.4. The van der Waals surface area contributed by atoms with Crippen molar-refractivity contribution in [2.24, 2.45) is 0 Å². The minimum atomic E-state index is 0.886. The topological polar surface area (TPSA) is 29.3 Å². The van der Waals surface area contributed by atoms with E-state index in [-0.39, 0.29) is 0 Å². The molecule has 0 radical (unpaired) electrons. The maximum Gasteiger partial charge on any atom is 0.0606 e. The van der Waals surface area contributed by atoms with E-state index in [9.17, 15) is 0 Å². The number of hydrogen-bond acceptors (Lipinski definition) is 2. The molecule has 0 spiro atoms. The maximum absolute atomic E-state index is 6.11. The van der Waals surface area contributed by atoms with Gasteiger partial charge in [-0.15, -0.1) is 0 Å². The average molecular weight is 238 g/mol. The Kier molecular flexibility index (Phi) is 2.93. The minimum absolute atomic E-state index is 0.886. The van der Waals surface area contributed by atoms with Gasteiger partial charge in [0.15, 0.2) is 0 Å². The fourth-order valence-corrected chi connectivity index (χ4v) is 2.59. The molecule has 92 valence electrons. The average Bonchev–Trinajstić information content (AvgIpc) is 2.94. The predicted molar refractivity (Wildman–Crippen MR) is 77.7 cm³/mol. The monoisotopic (exact) mass is 238 g/mol. The van der Waals surface area contributed by atoms with Crippen molar-refractivity contribution in [3.8, 4) is 11.1 Å². The van der Waals surface area contributed by atoms with Crippen molar-refractivity contribution in [3.05, 3.63) is 48.5 Å². The van der Waals surface area contributed by atoms with Crippen LogP contribution < -0.4 is 10.6 Å². The van der Waals surface area contributed by atoms with Crippen molar-refractivity contribution in [1.82, 2.24) is 0 Å². The van der Waals surface area contributed by atoms with E-state index in [0.717, 1.165) is 18.8 Å². The van der Waals surface area contributed by atoms with E-state index < -0.39 is 0 Å². The van der Waals surface area contributed by atoms with E-state index in [2.05, 4.69) is 41.3 Å². The van der Waals surface area contributed by atoms with Gasteiger partial charge in [0.05, 0.1) is 11.4 Å². The molecule has 1 aliphatic rings. The maximum atomic E-state index is 6.11. The molecular formula is C16H18N2. The van der Waals surface area contributed by atoms with Crippen LogP contribution in [-0.4, -0.2) is 13.1 Å². The summed E-state index contributed by atoms with van der Waals surface area (Å²) in [6.07, 6.45) is 2.55. The highest BCUT2D eigenvalue weighted by atomic mass is 15.1. The molecule has 1 heterocycles. The number of hydrogen-bond donors (Lipinski definition) is 1. The van der Waals surface area contributed by atoms with Gasteiger partial charge in [-0.05, 0) is 36.1 Å². The molecule has 0 amide bonds. The molecule has 0 unspecified atom stereocenters. The molecule has 0 aromatic heterocycles. The van der Waals surface area contributed by atoms with Gasteiger partial charge in [-0.1, -0.05) is 36.4 Å². The van der Waals surface area contributed by atoms with Crippen LogP contribution in [0.1, 0.15) is 12.8 Å². The van der Waals surface area contributed by atoms with Crippen LogP contribution in [0.2, 0.25) is 0 Å². The number of anilines is 2. The van der Waals surface area contributed by atoms with E-state index >= 15 is 0 Å². The third kappa shape index (κ3) is 2.06. The first kappa shape index (κ1) is 11.1. The molecule has 1 aliphatic heterocycles. The summed E-state index contributed by atoms with van der Waals surface area (Å²) in [7, 11) is 0. The Bertz CT molecular complexity index is 528. The van der Waals surface area contributed by atoms with Gasteiger partial charge in [0.1, 0.15) is 0 Å².